The van der Waals surface area contributed by atoms with E-state index in [0.717, 1.165) is 0 Å². The molecule has 0 spiro atoms. The second-order valence-corrected chi connectivity index (χ2v) is 4.67. The fourth-order valence-corrected chi connectivity index (χ4v) is 1.81. The van der Waals surface area contributed by atoms with E-state index in [4.69, 9.17) is 23.2 Å². The molecule has 20 heavy (non-hydrogen) atoms. The van der Waals surface area contributed by atoms with Gasteiger partial charge >= 0.3 is 0 Å². The summed E-state index contributed by atoms with van der Waals surface area (Å²) >= 11 is 11.5. The highest BCUT2D eigenvalue weighted by molar-refractivity contribution is 6.33. The molecule has 1 heterocycles. The number of halogens is 2. The molecule has 1 aromatic carbocycles. The molecule has 2 aromatic rings. The Morgan fingerprint density at radius 2 is 2.20 bits per heavy atom. The smallest absolute Gasteiger partial charge is 0.271 e. The number of hydrogen-bond acceptors (Lipinski definition) is 4. The third-order valence-electron chi connectivity index (χ3n) is 2.34. The van der Waals surface area contributed by atoms with Crippen LogP contribution in [0.1, 0.15) is 0 Å². The molecule has 1 N–H and O–H groups in total. The Balaban J connectivity index is 2.11. The normalized spacial score (nSPS) is 10.3. The molecule has 0 saturated heterocycles. The molecule has 2 rings (SSSR count). The highest BCUT2D eigenvalue weighted by Gasteiger charge is 2.12. The summed E-state index contributed by atoms with van der Waals surface area (Å²) in [6.45, 7) is -0.0776. The van der Waals surface area contributed by atoms with Crippen molar-refractivity contribution in [3.8, 4) is 0 Å². The van der Waals surface area contributed by atoms with Crippen molar-refractivity contribution in [2.45, 2.75) is 6.54 Å². The van der Waals surface area contributed by atoms with Crippen molar-refractivity contribution in [2.24, 2.45) is 0 Å². The SMILES string of the molecule is O=C(Cn1cc(Cl)cn1)Nc1cc([N+](=O)[O-])ccc1Cl. The summed E-state index contributed by atoms with van der Waals surface area (Å²) in [5, 5.41) is 17.6. The van der Waals surface area contributed by atoms with Crippen LogP contribution >= 0.6 is 23.2 Å². The Hall–Kier alpha value is -2.12. The Bertz CT molecular complexity index is 671. The van der Waals surface area contributed by atoms with Crippen LogP contribution in [0.15, 0.2) is 30.6 Å². The molecule has 1 aromatic heterocycles. The average molecular weight is 315 g/mol. The van der Waals surface area contributed by atoms with Crippen molar-refractivity contribution in [2.75, 3.05) is 5.32 Å². The Morgan fingerprint density at radius 1 is 1.45 bits per heavy atom. The number of nitrogens with one attached hydrogen (secondary N) is 1. The van der Waals surface area contributed by atoms with Crippen molar-refractivity contribution in [3.05, 3.63) is 50.8 Å². The summed E-state index contributed by atoms with van der Waals surface area (Å²) in [6.07, 6.45) is 2.88. The van der Waals surface area contributed by atoms with E-state index < -0.39 is 10.8 Å². The first-order valence-electron chi connectivity index (χ1n) is 5.37. The number of nitro groups is 1. The maximum absolute atomic E-state index is 11.8. The van der Waals surface area contributed by atoms with Gasteiger partial charge in [-0.1, -0.05) is 23.2 Å². The summed E-state index contributed by atoms with van der Waals surface area (Å²) in [5.74, 6) is -0.424. The van der Waals surface area contributed by atoms with Gasteiger partial charge in [-0.3, -0.25) is 19.6 Å². The lowest BCUT2D eigenvalue weighted by Crippen LogP contribution is -2.19. The van der Waals surface area contributed by atoms with Crippen LogP contribution < -0.4 is 5.32 Å². The summed E-state index contributed by atoms with van der Waals surface area (Å²) in [4.78, 5) is 21.9. The molecule has 0 bridgehead atoms. The minimum atomic E-state index is -0.570. The summed E-state index contributed by atoms with van der Waals surface area (Å²) in [7, 11) is 0. The lowest BCUT2D eigenvalue weighted by atomic mass is 10.3. The zero-order valence-electron chi connectivity index (χ0n) is 9.92. The number of nitro benzene ring substituents is 1. The molecule has 0 saturated carbocycles. The number of nitrogens with zero attached hydrogens (tertiary/aromatic N) is 3. The van der Waals surface area contributed by atoms with Gasteiger partial charge in [-0.25, -0.2) is 0 Å². The van der Waals surface area contributed by atoms with Crippen LogP contribution in [0.25, 0.3) is 0 Å². The first kappa shape index (κ1) is 14.3. The quantitative estimate of drug-likeness (QED) is 0.694. The molecule has 0 atom stereocenters. The van der Waals surface area contributed by atoms with E-state index in [9.17, 15) is 14.9 Å². The number of amides is 1. The minimum Gasteiger partial charge on any atom is -0.323 e. The Labute approximate surface area is 123 Å². The summed E-state index contributed by atoms with van der Waals surface area (Å²) in [5.41, 5.74) is 0.0101. The largest absolute Gasteiger partial charge is 0.323 e. The van der Waals surface area contributed by atoms with Gasteiger partial charge in [0.25, 0.3) is 5.69 Å². The van der Waals surface area contributed by atoms with Gasteiger partial charge in [0, 0.05) is 18.3 Å². The standard InChI is InChI=1S/C11H8Cl2N4O3/c12-7-4-14-16(5-7)6-11(18)15-10-3-8(17(19)20)1-2-9(10)13/h1-5H,6H2,(H,15,18). The maximum atomic E-state index is 11.8. The molecule has 0 radical (unpaired) electrons. The van der Waals surface area contributed by atoms with E-state index in [1.807, 2.05) is 0 Å². The highest BCUT2D eigenvalue weighted by atomic mass is 35.5. The zero-order valence-corrected chi connectivity index (χ0v) is 11.4. The van der Waals surface area contributed by atoms with Gasteiger partial charge < -0.3 is 5.32 Å². The summed E-state index contributed by atoms with van der Waals surface area (Å²) in [6, 6.07) is 3.79. The van der Waals surface area contributed by atoms with Crippen LogP contribution in [-0.4, -0.2) is 20.6 Å². The number of non-ortho nitro benzene ring substituents is 1. The molecule has 0 aliphatic heterocycles. The zero-order chi connectivity index (χ0) is 14.7. The Morgan fingerprint density at radius 3 is 2.80 bits per heavy atom. The number of aromatic nitrogens is 2. The minimum absolute atomic E-state index is 0.0776. The first-order valence-corrected chi connectivity index (χ1v) is 6.13. The fourth-order valence-electron chi connectivity index (χ4n) is 1.48. The van der Waals surface area contributed by atoms with Crippen molar-refractivity contribution < 1.29 is 9.72 Å². The van der Waals surface area contributed by atoms with Crippen LogP contribution in [-0.2, 0) is 11.3 Å². The molecular formula is C11H8Cl2N4O3. The van der Waals surface area contributed by atoms with Gasteiger partial charge in [0.05, 0.1) is 26.9 Å². The number of benzene rings is 1. The number of anilines is 1. The number of hydrogen-bond donors (Lipinski definition) is 1. The van der Waals surface area contributed by atoms with Gasteiger partial charge in [-0.15, -0.1) is 0 Å². The van der Waals surface area contributed by atoms with E-state index in [1.165, 1.54) is 35.3 Å². The van der Waals surface area contributed by atoms with Crippen LogP contribution in [0.4, 0.5) is 11.4 Å². The number of rotatable bonds is 4. The van der Waals surface area contributed by atoms with Crippen molar-refractivity contribution in [1.29, 1.82) is 0 Å². The van der Waals surface area contributed by atoms with Crippen LogP contribution in [0.3, 0.4) is 0 Å². The molecule has 104 valence electrons. The fraction of sp³-hybridized carbons (Fsp3) is 0.0909. The van der Waals surface area contributed by atoms with E-state index in [1.54, 1.807) is 0 Å². The van der Waals surface area contributed by atoms with Gasteiger partial charge in [-0.2, -0.15) is 5.10 Å². The van der Waals surface area contributed by atoms with E-state index in [-0.39, 0.29) is 22.9 Å². The summed E-state index contributed by atoms with van der Waals surface area (Å²) < 4.78 is 1.34. The highest BCUT2D eigenvalue weighted by Crippen LogP contribution is 2.26. The molecule has 0 aliphatic carbocycles. The molecule has 0 aliphatic rings. The average Bonchev–Trinajstić information content (AvgIpc) is 2.77. The number of carbonyl (C=O) groups is 1. The second-order valence-electron chi connectivity index (χ2n) is 3.83. The van der Waals surface area contributed by atoms with Crippen molar-refractivity contribution >= 4 is 40.5 Å². The third kappa shape index (κ3) is 3.46. The van der Waals surface area contributed by atoms with Crippen molar-refractivity contribution in [1.82, 2.24) is 9.78 Å². The lowest BCUT2D eigenvalue weighted by molar-refractivity contribution is -0.384. The Kier molecular flexibility index (Phi) is 4.21. The maximum Gasteiger partial charge on any atom is 0.271 e. The molecular weight excluding hydrogens is 307 g/mol. The van der Waals surface area contributed by atoms with Gasteiger partial charge in [0.1, 0.15) is 6.54 Å². The second kappa shape index (κ2) is 5.89. The first-order chi connectivity index (χ1) is 9.45. The predicted octanol–water partition coefficient (Wildman–Crippen LogP) is 2.74. The predicted molar refractivity (Wildman–Crippen MR) is 74.0 cm³/mol. The molecule has 7 nitrogen and oxygen atoms in total. The van der Waals surface area contributed by atoms with Gasteiger partial charge in [-0.05, 0) is 6.07 Å². The topological polar surface area (TPSA) is 90.1 Å². The van der Waals surface area contributed by atoms with E-state index in [0.29, 0.717) is 5.02 Å². The van der Waals surface area contributed by atoms with Crippen LogP contribution in [0, 0.1) is 10.1 Å². The monoisotopic (exact) mass is 314 g/mol. The number of carbonyl (C=O) groups excluding carboxylic acids is 1. The molecule has 9 heteroatoms. The lowest BCUT2D eigenvalue weighted by Gasteiger charge is -2.07. The van der Waals surface area contributed by atoms with E-state index in [2.05, 4.69) is 10.4 Å². The third-order valence-corrected chi connectivity index (χ3v) is 2.87. The van der Waals surface area contributed by atoms with Gasteiger partial charge in [0.15, 0.2) is 0 Å². The van der Waals surface area contributed by atoms with E-state index >= 15 is 0 Å². The molecule has 0 unspecified atom stereocenters. The van der Waals surface area contributed by atoms with Crippen molar-refractivity contribution in [3.63, 3.8) is 0 Å². The van der Waals surface area contributed by atoms with Crippen LogP contribution in [0.5, 0.6) is 0 Å². The van der Waals surface area contributed by atoms with Crippen LogP contribution in [0.2, 0.25) is 10.0 Å². The van der Waals surface area contributed by atoms with Gasteiger partial charge in [0.2, 0.25) is 5.91 Å². The molecule has 0 fully saturated rings. The molecule has 1 amide bonds.